The topological polar surface area (TPSA) is 54.4 Å². The van der Waals surface area contributed by atoms with Crippen LogP contribution < -0.4 is 4.90 Å². The van der Waals surface area contributed by atoms with Crippen molar-refractivity contribution in [3.05, 3.63) is 47.7 Å². The van der Waals surface area contributed by atoms with E-state index in [2.05, 4.69) is 34.0 Å². The molecule has 0 aliphatic carbocycles. The lowest BCUT2D eigenvalue weighted by Gasteiger charge is -2.34. The minimum atomic E-state index is 0.311. The zero-order valence-corrected chi connectivity index (χ0v) is 17.0. The van der Waals surface area contributed by atoms with Crippen LogP contribution in [0.4, 0.5) is 5.82 Å². The molecule has 2 aliphatic rings. The maximum Gasteiger partial charge on any atom is 0.132 e. The van der Waals surface area contributed by atoms with Crippen LogP contribution in [0.3, 0.4) is 0 Å². The molecule has 1 unspecified atom stereocenters. The highest BCUT2D eigenvalue weighted by Gasteiger charge is 2.24. The van der Waals surface area contributed by atoms with E-state index in [1.165, 1.54) is 25.1 Å². The number of hydrogen-bond acceptors (Lipinski definition) is 6. The molecule has 0 bridgehead atoms. The predicted octanol–water partition coefficient (Wildman–Crippen LogP) is 3.17. The van der Waals surface area contributed by atoms with Crippen molar-refractivity contribution in [3.63, 3.8) is 0 Å². The average molecular weight is 382 g/mol. The molecule has 6 nitrogen and oxygen atoms in total. The Hall–Kier alpha value is -2.05. The molecule has 6 heteroatoms. The third-order valence-corrected chi connectivity index (χ3v) is 5.86. The van der Waals surface area contributed by atoms with Gasteiger partial charge in [0.25, 0.3) is 0 Å². The second-order valence-corrected chi connectivity index (χ2v) is 8.16. The number of hydrogen-bond donors (Lipinski definition) is 0. The first-order chi connectivity index (χ1) is 13.7. The molecule has 2 aromatic heterocycles. The molecule has 28 heavy (non-hydrogen) atoms. The summed E-state index contributed by atoms with van der Waals surface area (Å²) in [6.45, 7) is 6.92. The van der Waals surface area contributed by atoms with E-state index in [-0.39, 0.29) is 0 Å². The average Bonchev–Trinajstić information content (AvgIpc) is 2.73. The Balaban J connectivity index is 1.35. The monoisotopic (exact) mass is 381 g/mol. The van der Waals surface area contributed by atoms with Gasteiger partial charge in [0.15, 0.2) is 0 Å². The largest absolute Gasteiger partial charge is 0.373 e. The van der Waals surface area contributed by atoms with E-state index in [0.717, 1.165) is 49.7 Å². The van der Waals surface area contributed by atoms with Crippen molar-refractivity contribution in [2.24, 2.45) is 0 Å². The van der Waals surface area contributed by atoms with Crippen LogP contribution in [0.2, 0.25) is 0 Å². The lowest BCUT2D eigenvalue weighted by Crippen LogP contribution is -2.38. The summed E-state index contributed by atoms with van der Waals surface area (Å²) in [4.78, 5) is 18.5. The first-order valence-electron chi connectivity index (χ1n) is 10.5. The zero-order valence-electron chi connectivity index (χ0n) is 17.0. The Morgan fingerprint density at radius 1 is 1.14 bits per heavy atom. The normalized spacial score (nSPS) is 21.8. The lowest BCUT2D eigenvalue weighted by molar-refractivity contribution is 0.0249. The minimum Gasteiger partial charge on any atom is -0.373 e. The Labute approximate surface area is 168 Å². The predicted molar refractivity (Wildman–Crippen MR) is 111 cm³/mol. The summed E-state index contributed by atoms with van der Waals surface area (Å²) >= 11 is 0. The van der Waals surface area contributed by atoms with Gasteiger partial charge >= 0.3 is 0 Å². The number of pyridine rings is 1. The Kier molecular flexibility index (Phi) is 6.17. The van der Waals surface area contributed by atoms with Gasteiger partial charge in [0.1, 0.15) is 11.6 Å². The number of likely N-dealkylation sites (N-methyl/N-ethyl adjacent to an activating group) is 1. The first-order valence-corrected chi connectivity index (χ1v) is 10.5. The molecule has 0 spiro atoms. The van der Waals surface area contributed by atoms with Crippen LogP contribution in [0.25, 0.3) is 0 Å². The molecule has 4 heterocycles. The molecule has 2 fully saturated rings. The summed E-state index contributed by atoms with van der Waals surface area (Å²) in [6.07, 6.45) is 8.53. The van der Waals surface area contributed by atoms with Crippen LogP contribution >= 0.6 is 0 Å². The summed E-state index contributed by atoms with van der Waals surface area (Å²) < 4.78 is 6.10. The molecule has 1 atom stereocenters. The third kappa shape index (κ3) is 4.86. The maximum atomic E-state index is 6.10. The molecule has 0 amide bonds. The Morgan fingerprint density at radius 3 is 2.75 bits per heavy atom. The van der Waals surface area contributed by atoms with Crippen LogP contribution in [-0.4, -0.2) is 59.2 Å². The molecule has 0 saturated carbocycles. The van der Waals surface area contributed by atoms with E-state index in [4.69, 9.17) is 14.7 Å². The van der Waals surface area contributed by atoms with Gasteiger partial charge in [-0.05, 0) is 57.8 Å². The smallest absolute Gasteiger partial charge is 0.132 e. The molecule has 2 aromatic rings. The molecular formula is C22H31N5O. The van der Waals surface area contributed by atoms with Gasteiger partial charge in [-0.3, -0.25) is 4.98 Å². The van der Waals surface area contributed by atoms with Crippen molar-refractivity contribution in [3.8, 4) is 0 Å². The van der Waals surface area contributed by atoms with Gasteiger partial charge in [-0.25, -0.2) is 9.97 Å². The number of likely N-dealkylation sites (tertiary alicyclic amines) is 1. The standard InChI is InChI=1S/C22H31N5O/c1-17-24-21(19-6-4-10-26(2)15-19)13-22(25-17)27-11-7-20(8-12-27)28-16-18-5-3-9-23-14-18/h3,5,9,13-14,19-20H,4,6-8,10-12,15-16H2,1-2H3. The maximum absolute atomic E-state index is 6.10. The minimum absolute atomic E-state index is 0.311. The fraction of sp³-hybridized carbons (Fsp3) is 0.591. The molecule has 0 radical (unpaired) electrons. The fourth-order valence-electron chi connectivity index (χ4n) is 4.30. The Bertz CT molecular complexity index is 761. The summed E-state index contributed by atoms with van der Waals surface area (Å²) in [5.41, 5.74) is 2.35. The van der Waals surface area contributed by atoms with Crippen LogP contribution in [0.5, 0.6) is 0 Å². The number of piperidine rings is 2. The van der Waals surface area contributed by atoms with E-state index < -0.39 is 0 Å². The molecule has 0 N–H and O–H groups in total. The van der Waals surface area contributed by atoms with Crippen LogP contribution in [0.15, 0.2) is 30.6 Å². The van der Waals surface area contributed by atoms with Crippen LogP contribution in [-0.2, 0) is 11.3 Å². The Morgan fingerprint density at radius 2 is 2.00 bits per heavy atom. The fourth-order valence-corrected chi connectivity index (χ4v) is 4.30. The number of anilines is 1. The van der Waals surface area contributed by atoms with Crippen molar-refractivity contribution >= 4 is 5.82 Å². The quantitative estimate of drug-likeness (QED) is 0.793. The second kappa shape index (κ2) is 8.97. The van der Waals surface area contributed by atoms with E-state index in [9.17, 15) is 0 Å². The number of ether oxygens (including phenoxy) is 1. The van der Waals surface area contributed by atoms with Crippen molar-refractivity contribution in [1.82, 2.24) is 19.9 Å². The summed E-state index contributed by atoms with van der Waals surface area (Å²) in [6, 6.07) is 6.25. The summed E-state index contributed by atoms with van der Waals surface area (Å²) in [7, 11) is 2.21. The van der Waals surface area contributed by atoms with Crippen LogP contribution in [0.1, 0.15) is 48.7 Å². The molecule has 4 rings (SSSR count). The van der Waals surface area contributed by atoms with Gasteiger partial charge in [-0.15, -0.1) is 0 Å². The van der Waals surface area contributed by atoms with E-state index in [0.29, 0.717) is 18.6 Å². The van der Waals surface area contributed by atoms with Gasteiger partial charge in [0.2, 0.25) is 0 Å². The highest BCUT2D eigenvalue weighted by Crippen LogP contribution is 2.28. The first kappa shape index (κ1) is 19.3. The molecule has 2 aliphatic heterocycles. The van der Waals surface area contributed by atoms with Crippen molar-refractivity contribution in [2.75, 3.05) is 38.1 Å². The number of aryl methyl sites for hydroxylation is 1. The lowest BCUT2D eigenvalue weighted by atomic mass is 9.94. The molecule has 2 saturated heterocycles. The molecule has 0 aromatic carbocycles. The SMILES string of the molecule is Cc1nc(C2CCCN(C)C2)cc(N2CCC(OCc3cccnc3)CC2)n1. The number of aromatic nitrogens is 3. The highest BCUT2D eigenvalue weighted by atomic mass is 16.5. The third-order valence-electron chi connectivity index (χ3n) is 5.86. The van der Waals surface area contributed by atoms with Gasteiger partial charge in [-0.1, -0.05) is 6.07 Å². The van der Waals surface area contributed by atoms with E-state index in [1.807, 2.05) is 19.2 Å². The van der Waals surface area contributed by atoms with Gasteiger partial charge in [0.05, 0.1) is 18.4 Å². The van der Waals surface area contributed by atoms with Gasteiger partial charge < -0.3 is 14.5 Å². The second-order valence-electron chi connectivity index (χ2n) is 8.16. The number of rotatable bonds is 5. The van der Waals surface area contributed by atoms with Crippen molar-refractivity contribution < 1.29 is 4.74 Å². The zero-order chi connectivity index (χ0) is 19.3. The van der Waals surface area contributed by atoms with E-state index >= 15 is 0 Å². The summed E-state index contributed by atoms with van der Waals surface area (Å²) in [5, 5.41) is 0. The van der Waals surface area contributed by atoms with E-state index in [1.54, 1.807) is 6.20 Å². The summed E-state index contributed by atoms with van der Waals surface area (Å²) in [5.74, 6) is 2.50. The van der Waals surface area contributed by atoms with Gasteiger partial charge in [0, 0.05) is 44.0 Å². The van der Waals surface area contributed by atoms with Crippen LogP contribution in [0, 0.1) is 6.92 Å². The highest BCUT2D eigenvalue weighted by molar-refractivity contribution is 5.41. The molecular weight excluding hydrogens is 350 g/mol. The van der Waals surface area contributed by atoms with Gasteiger partial charge in [-0.2, -0.15) is 0 Å². The van der Waals surface area contributed by atoms with Crippen molar-refractivity contribution in [1.29, 1.82) is 0 Å². The van der Waals surface area contributed by atoms with Crippen molar-refractivity contribution in [2.45, 2.75) is 51.2 Å². The molecule has 150 valence electrons. The number of nitrogens with zero attached hydrogens (tertiary/aromatic N) is 5.